The van der Waals surface area contributed by atoms with Gasteiger partial charge in [0.05, 0.1) is 19.0 Å². The zero-order valence-corrected chi connectivity index (χ0v) is 14.7. The summed E-state index contributed by atoms with van der Waals surface area (Å²) < 4.78 is 11.1. The Morgan fingerprint density at radius 1 is 1.12 bits per heavy atom. The number of carbonyl (C=O) groups excluding carboxylic acids is 1. The maximum atomic E-state index is 12.3. The molecule has 6 heteroatoms. The van der Waals surface area contributed by atoms with E-state index in [1.54, 1.807) is 18.3 Å². The number of rotatable bonds is 4. The standard InChI is InChI=1S/C20H21N3O3/c1-15-5-2-3-6-16(15)18-13-21-19(26-18)14-22-8-10-23(11-9-22)20(24)17-7-4-12-25-17/h2-7,12-13H,8-11,14H2,1H3. The van der Waals surface area contributed by atoms with Gasteiger partial charge in [0.15, 0.2) is 11.5 Å². The van der Waals surface area contributed by atoms with E-state index < -0.39 is 0 Å². The average molecular weight is 351 g/mol. The minimum absolute atomic E-state index is 0.0485. The first-order chi connectivity index (χ1) is 12.7. The van der Waals surface area contributed by atoms with Crippen LogP contribution in [0.1, 0.15) is 22.0 Å². The zero-order chi connectivity index (χ0) is 17.9. The lowest BCUT2D eigenvalue weighted by Crippen LogP contribution is -2.48. The van der Waals surface area contributed by atoms with Crippen molar-refractivity contribution in [3.05, 3.63) is 66.1 Å². The Morgan fingerprint density at radius 2 is 1.92 bits per heavy atom. The molecular formula is C20H21N3O3. The molecule has 3 aromatic rings. The molecule has 0 unspecified atom stereocenters. The first-order valence-corrected chi connectivity index (χ1v) is 8.76. The van der Waals surface area contributed by atoms with Crippen molar-refractivity contribution in [3.8, 4) is 11.3 Å². The third kappa shape index (κ3) is 3.41. The molecule has 0 aliphatic carbocycles. The Kier molecular flexibility index (Phi) is 4.58. The van der Waals surface area contributed by atoms with Crippen molar-refractivity contribution in [2.24, 2.45) is 0 Å². The minimum atomic E-state index is -0.0485. The van der Waals surface area contributed by atoms with Crippen LogP contribution >= 0.6 is 0 Å². The summed E-state index contributed by atoms with van der Waals surface area (Å²) in [4.78, 5) is 20.8. The molecular weight excluding hydrogens is 330 g/mol. The molecule has 0 atom stereocenters. The molecule has 1 aliphatic heterocycles. The smallest absolute Gasteiger partial charge is 0.289 e. The molecule has 1 amide bonds. The number of carbonyl (C=O) groups is 1. The highest BCUT2D eigenvalue weighted by Crippen LogP contribution is 2.24. The number of amides is 1. The number of hydrogen-bond acceptors (Lipinski definition) is 5. The number of benzene rings is 1. The van der Waals surface area contributed by atoms with E-state index in [0.717, 1.165) is 24.4 Å². The number of furan rings is 1. The van der Waals surface area contributed by atoms with Crippen molar-refractivity contribution >= 4 is 5.91 Å². The summed E-state index contributed by atoms with van der Waals surface area (Å²) in [6.45, 7) is 5.63. The maximum Gasteiger partial charge on any atom is 0.289 e. The van der Waals surface area contributed by atoms with Gasteiger partial charge < -0.3 is 13.7 Å². The number of nitrogens with zero attached hydrogens (tertiary/aromatic N) is 3. The van der Waals surface area contributed by atoms with Crippen molar-refractivity contribution in [1.82, 2.24) is 14.8 Å². The normalized spacial score (nSPS) is 15.3. The number of aryl methyl sites for hydroxylation is 1. The summed E-state index contributed by atoms with van der Waals surface area (Å²) in [6.07, 6.45) is 3.31. The predicted molar refractivity (Wildman–Crippen MR) is 96.6 cm³/mol. The van der Waals surface area contributed by atoms with Crippen LogP contribution in [-0.4, -0.2) is 46.9 Å². The molecule has 1 aromatic carbocycles. The Bertz CT molecular complexity index is 877. The molecule has 3 heterocycles. The van der Waals surface area contributed by atoms with Crippen LogP contribution in [-0.2, 0) is 6.54 Å². The van der Waals surface area contributed by atoms with Crippen molar-refractivity contribution in [2.75, 3.05) is 26.2 Å². The van der Waals surface area contributed by atoms with E-state index in [1.165, 1.54) is 11.8 Å². The Balaban J connectivity index is 1.35. The Morgan fingerprint density at radius 3 is 2.65 bits per heavy atom. The molecule has 2 aromatic heterocycles. The number of piperazine rings is 1. The second kappa shape index (κ2) is 7.17. The van der Waals surface area contributed by atoms with Crippen LogP contribution in [0.15, 0.2) is 57.7 Å². The van der Waals surface area contributed by atoms with E-state index in [9.17, 15) is 4.79 Å². The van der Waals surface area contributed by atoms with Gasteiger partial charge in [-0.15, -0.1) is 0 Å². The third-order valence-electron chi connectivity index (χ3n) is 4.71. The van der Waals surface area contributed by atoms with Crippen molar-refractivity contribution in [3.63, 3.8) is 0 Å². The summed E-state index contributed by atoms with van der Waals surface area (Å²) >= 11 is 0. The van der Waals surface area contributed by atoms with Crippen LogP contribution < -0.4 is 0 Å². The van der Waals surface area contributed by atoms with Crippen molar-refractivity contribution < 1.29 is 13.6 Å². The fourth-order valence-corrected chi connectivity index (χ4v) is 3.21. The average Bonchev–Trinajstić information content (AvgIpc) is 3.34. The SMILES string of the molecule is Cc1ccccc1-c1cnc(CN2CCN(C(=O)c3ccco3)CC2)o1. The second-order valence-corrected chi connectivity index (χ2v) is 6.48. The molecule has 4 rings (SSSR count). The van der Waals surface area contributed by atoms with Crippen molar-refractivity contribution in [2.45, 2.75) is 13.5 Å². The van der Waals surface area contributed by atoms with Crippen LogP contribution in [0, 0.1) is 6.92 Å². The van der Waals surface area contributed by atoms with Gasteiger partial charge in [-0.3, -0.25) is 9.69 Å². The fraction of sp³-hybridized carbons (Fsp3) is 0.300. The van der Waals surface area contributed by atoms with E-state index in [-0.39, 0.29) is 5.91 Å². The molecule has 134 valence electrons. The summed E-state index contributed by atoms with van der Waals surface area (Å²) in [6, 6.07) is 11.6. The highest BCUT2D eigenvalue weighted by Gasteiger charge is 2.24. The summed E-state index contributed by atoms with van der Waals surface area (Å²) in [5.74, 6) is 1.85. The van der Waals surface area contributed by atoms with E-state index in [1.807, 2.05) is 23.1 Å². The molecule has 0 N–H and O–H groups in total. The highest BCUT2D eigenvalue weighted by atomic mass is 16.4. The Hall–Kier alpha value is -2.86. The third-order valence-corrected chi connectivity index (χ3v) is 4.71. The molecule has 0 spiro atoms. The first kappa shape index (κ1) is 16.6. The van der Waals surface area contributed by atoms with Crippen LogP contribution in [0.25, 0.3) is 11.3 Å². The van der Waals surface area contributed by atoms with Gasteiger partial charge in [-0.2, -0.15) is 0 Å². The zero-order valence-electron chi connectivity index (χ0n) is 14.7. The summed E-state index contributed by atoms with van der Waals surface area (Å²) in [5.41, 5.74) is 2.24. The van der Waals surface area contributed by atoms with Crippen LogP contribution in [0.4, 0.5) is 0 Å². The van der Waals surface area contributed by atoms with Crippen LogP contribution in [0.2, 0.25) is 0 Å². The molecule has 1 saturated heterocycles. The topological polar surface area (TPSA) is 62.7 Å². The van der Waals surface area contributed by atoms with Gasteiger partial charge in [0.25, 0.3) is 5.91 Å². The molecule has 1 fully saturated rings. The summed E-state index contributed by atoms with van der Waals surface area (Å²) in [5, 5.41) is 0. The van der Waals surface area contributed by atoms with E-state index in [4.69, 9.17) is 8.83 Å². The maximum absolute atomic E-state index is 12.3. The fourth-order valence-electron chi connectivity index (χ4n) is 3.21. The van der Waals surface area contributed by atoms with Gasteiger partial charge in [-0.05, 0) is 24.6 Å². The van der Waals surface area contributed by atoms with E-state index in [2.05, 4.69) is 22.9 Å². The number of aromatic nitrogens is 1. The quantitative estimate of drug-likeness (QED) is 0.722. The molecule has 1 aliphatic rings. The molecule has 26 heavy (non-hydrogen) atoms. The monoisotopic (exact) mass is 351 g/mol. The highest BCUT2D eigenvalue weighted by molar-refractivity contribution is 5.91. The molecule has 0 saturated carbocycles. The lowest BCUT2D eigenvalue weighted by Gasteiger charge is -2.33. The van der Waals surface area contributed by atoms with E-state index in [0.29, 0.717) is 31.3 Å². The molecule has 0 bridgehead atoms. The van der Waals surface area contributed by atoms with Gasteiger partial charge in [0.2, 0.25) is 5.89 Å². The van der Waals surface area contributed by atoms with Gasteiger partial charge in [0.1, 0.15) is 0 Å². The summed E-state index contributed by atoms with van der Waals surface area (Å²) in [7, 11) is 0. The van der Waals surface area contributed by atoms with Gasteiger partial charge >= 0.3 is 0 Å². The van der Waals surface area contributed by atoms with Crippen LogP contribution in [0.3, 0.4) is 0 Å². The molecule has 6 nitrogen and oxygen atoms in total. The molecule has 0 radical (unpaired) electrons. The number of hydrogen-bond donors (Lipinski definition) is 0. The number of oxazole rings is 1. The minimum Gasteiger partial charge on any atom is -0.459 e. The Labute approximate surface area is 152 Å². The van der Waals surface area contributed by atoms with Gasteiger partial charge in [-0.25, -0.2) is 4.98 Å². The van der Waals surface area contributed by atoms with Crippen LogP contribution in [0.5, 0.6) is 0 Å². The van der Waals surface area contributed by atoms with E-state index >= 15 is 0 Å². The van der Waals surface area contributed by atoms with Gasteiger partial charge in [-0.1, -0.05) is 24.3 Å². The predicted octanol–water partition coefficient (Wildman–Crippen LogP) is 3.20. The lowest BCUT2D eigenvalue weighted by atomic mass is 10.1. The lowest BCUT2D eigenvalue weighted by molar-refractivity contribution is 0.0588. The van der Waals surface area contributed by atoms with Gasteiger partial charge in [0, 0.05) is 31.7 Å². The first-order valence-electron chi connectivity index (χ1n) is 8.76. The van der Waals surface area contributed by atoms with Crippen molar-refractivity contribution in [1.29, 1.82) is 0 Å². The largest absolute Gasteiger partial charge is 0.459 e. The second-order valence-electron chi connectivity index (χ2n) is 6.48.